The van der Waals surface area contributed by atoms with E-state index in [0.29, 0.717) is 41.5 Å². The van der Waals surface area contributed by atoms with Gasteiger partial charge < -0.3 is 9.47 Å². The van der Waals surface area contributed by atoms with Crippen LogP contribution in [0.1, 0.15) is 59.8 Å². The molecule has 170 valence electrons. The van der Waals surface area contributed by atoms with E-state index in [2.05, 4.69) is 0 Å². The molecule has 2 atom stereocenters. The van der Waals surface area contributed by atoms with Crippen LogP contribution in [0.25, 0.3) is 0 Å². The van der Waals surface area contributed by atoms with Crippen LogP contribution in [0.4, 0.5) is 0 Å². The smallest absolute Gasteiger partial charge is 0.177 e. The van der Waals surface area contributed by atoms with Crippen LogP contribution in [-0.2, 0) is 29.0 Å². The molecule has 2 aromatic rings. The van der Waals surface area contributed by atoms with Gasteiger partial charge in [-0.1, -0.05) is 62.2 Å². The van der Waals surface area contributed by atoms with E-state index in [1.54, 1.807) is 7.11 Å². The van der Waals surface area contributed by atoms with E-state index in [4.69, 9.17) is 21.1 Å². The average molecular weight is 455 g/mol. The van der Waals surface area contributed by atoms with Gasteiger partial charge in [-0.15, -0.1) is 0 Å². The molecule has 3 rings (SSSR count). The molecule has 0 radical (unpaired) electrons. The van der Waals surface area contributed by atoms with Gasteiger partial charge in [-0.3, -0.25) is 9.59 Å². The Balaban J connectivity index is 2.02. The zero-order valence-electron chi connectivity index (χ0n) is 19.5. The molecule has 4 nitrogen and oxygen atoms in total. The number of hydrogen-bond acceptors (Lipinski definition) is 4. The van der Waals surface area contributed by atoms with Crippen LogP contribution in [0.5, 0.6) is 5.75 Å². The minimum Gasteiger partial charge on any atom is -0.496 e. The molecular formula is C27H31ClO4. The fraction of sp³-hybridized carbons (Fsp3) is 0.407. The van der Waals surface area contributed by atoms with Crippen molar-refractivity contribution in [2.24, 2.45) is 11.8 Å². The van der Waals surface area contributed by atoms with Crippen LogP contribution < -0.4 is 4.74 Å². The van der Waals surface area contributed by atoms with Gasteiger partial charge in [-0.05, 0) is 48.4 Å². The second-order valence-corrected chi connectivity index (χ2v) is 8.80. The van der Waals surface area contributed by atoms with Crippen molar-refractivity contribution in [2.75, 3.05) is 7.11 Å². The number of methoxy groups -OCH3 is 1. The Morgan fingerprint density at radius 2 is 1.94 bits per heavy atom. The van der Waals surface area contributed by atoms with Gasteiger partial charge in [-0.25, -0.2) is 0 Å². The number of halogens is 1. The number of Topliss-reactive ketones (excluding diaryl/α,β-unsaturated/α-hetero) is 1. The summed E-state index contributed by atoms with van der Waals surface area (Å²) in [5.41, 5.74) is 4.35. The summed E-state index contributed by atoms with van der Waals surface area (Å²) in [6.45, 7) is 8.24. The third kappa shape index (κ3) is 4.91. The largest absolute Gasteiger partial charge is 0.496 e. The number of carbonyl (C=O) groups is 2. The van der Waals surface area contributed by atoms with Gasteiger partial charge in [0, 0.05) is 17.5 Å². The van der Waals surface area contributed by atoms with Crippen LogP contribution in [0.15, 0.2) is 42.2 Å². The lowest BCUT2D eigenvalue weighted by Crippen LogP contribution is -2.32. The van der Waals surface area contributed by atoms with Crippen molar-refractivity contribution >= 4 is 23.2 Å². The highest BCUT2D eigenvalue weighted by Gasteiger charge is 2.38. The maximum Gasteiger partial charge on any atom is 0.177 e. The van der Waals surface area contributed by atoms with Gasteiger partial charge in [0.25, 0.3) is 0 Å². The van der Waals surface area contributed by atoms with Crippen molar-refractivity contribution in [2.45, 2.75) is 53.6 Å². The van der Waals surface area contributed by atoms with Crippen molar-refractivity contribution in [1.82, 2.24) is 0 Å². The Morgan fingerprint density at radius 1 is 1.19 bits per heavy atom. The standard InChI is InChI=1S/C27H31ClO4/c1-6-19-13-22(31-5)25(21(7-2)26(19)28)27(30)24-17(4)12-20(29)14-23(24)32-15-18-10-8-9-16(3)11-18/h8-11,13-14,17,24H,6-7,12,15H2,1-5H3. The molecule has 0 N–H and O–H groups in total. The summed E-state index contributed by atoms with van der Waals surface area (Å²) in [5, 5.41) is 0.616. The summed E-state index contributed by atoms with van der Waals surface area (Å²) in [6, 6.07) is 9.84. The predicted octanol–water partition coefficient (Wildman–Crippen LogP) is 6.29. The summed E-state index contributed by atoms with van der Waals surface area (Å²) in [6.07, 6.45) is 3.14. The normalized spacial score (nSPS) is 18.3. The lowest BCUT2D eigenvalue weighted by atomic mass is 9.77. The van der Waals surface area contributed by atoms with E-state index in [0.717, 1.165) is 28.7 Å². The lowest BCUT2D eigenvalue weighted by Gasteiger charge is -2.30. The molecule has 0 saturated heterocycles. The molecule has 0 saturated carbocycles. The fourth-order valence-electron chi connectivity index (χ4n) is 4.43. The maximum absolute atomic E-state index is 13.9. The molecule has 0 aromatic heterocycles. The number of allylic oxidation sites excluding steroid dienone is 2. The molecule has 0 aliphatic heterocycles. The predicted molar refractivity (Wildman–Crippen MR) is 127 cm³/mol. The molecule has 0 amide bonds. The second kappa shape index (κ2) is 10.4. The second-order valence-electron chi connectivity index (χ2n) is 8.43. The zero-order valence-corrected chi connectivity index (χ0v) is 20.2. The van der Waals surface area contributed by atoms with Crippen LogP contribution in [0, 0.1) is 18.8 Å². The molecular weight excluding hydrogens is 424 g/mol. The Bertz CT molecular complexity index is 1050. The van der Waals surface area contributed by atoms with E-state index >= 15 is 0 Å². The van der Waals surface area contributed by atoms with Gasteiger partial charge in [0.05, 0.1) is 18.6 Å². The molecule has 1 aliphatic rings. The quantitative estimate of drug-likeness (QED) is 0.440. The molecule has 2 aromatic carbocycles. The lowest BCUT2D eigenvalue weighted by molar-refractivity contribution is -0.116. The number of ketones is 2. The number of ether oxygens (including phenoxy) is 2. The summed E-state index contributed by atoms with van der Waals surface area (Å²) < 4.78 is 11.7. The highest BCUT2D eigenvalue weighted by atomic mass is 35.5. The summed E-state index contributed by atoms with van der Waals surface area (Å²) in [7, 11) is 1.57. The van der Waals surface area contributed by atoms with Gasteiger partial charge in [0.1, 0.15) is 18.1 Å². The highest BCUT2D eigenvalue weighted by Crippen LogP contribution is 2.39. The maximum atomic E-state index is 13.9. The minimum atomic E-state index is -0.569. The molecule has 0 bridgehead atoms. The molecule has 32 heavy (non-hydrogen) atoms. The number of hydrogen-bond donors (Lipinski definition) is 0. The first-order valence-corrected chi connectivity index (χ1v) is 11.5. The Kier molecular flexibility index (Phi) is 7.78. The number of rotatable bonds is 8. The third-order valence-corrected chi connectivity index (χ3v) is 6.54. The van der Waals surface area contributed by atoms with E-state index in [1.165, 1.54) is 6.08 Å². The molecule has 0 heterocycles. The third-order valence-electron chi connectivity index (χ3n) is 6.07. The molecule has 0 spiro atoms. The Labute approximate surface area is 195 Å². The van der Waals surface area contributed by atoms with Crippen molar-refractivity contribution < 1.29 is 19.1 Å². The molecule has 5 heteroatoms. The first-order chi connectivity index (χ1) is 15.3. The highest BCUT2D eigenvalue weighted by molar-refractivity contribution is 6.33. The Hall–Kier alpha value is -2.59. The summed E-state index contributed by atoms with van der Waals surface area (Å²) in [5.74, 6) is 0.0451. The van der Waals surface area contributed by atoms with Crippen molar-refractivity contribution in [1.29, 1.82) is 0 Å². The van der Waals surface area contributed by atoms with Crippen molar-refractivity contribution in [3.63, 3.8) is 0 Å². The topological polar surface area (TPSA) is 52.6 Å². The van der Waals surface area contributed by atoms with Gasteiger partial charge in [-0.2, -0.15) is 0 Å². The molecule has 2 unspecified atom stereocenters. The average Bonchev–Trinajstić information content (AvgIpc) is 2.76. The van der Waals surface area contributed by atoms with Gasteiger partial charge in [0.15, 0.2) is 11.6 Å². The van der Waals surface area contributed by atoms with Gasteiger partial charge in [0.2, 0.25) is 0 Å². The molecule has 0 fully saturated rings. The van der Waals surface area contributed by atoms with Crippen LogP contribution in [-0.4, -0.2) is 18.7 Å². The van der Waals surface area contributed by atoms with E-state index in [1.807, 2.05) is 58.0 Å². The first kappa shape index (κ1) is 24.1. The SMILES string of the molecule is CCc1cc(OC)c(C(=O)C2C(OCc3cccc(C)c3)=CC(=O)CC2C)c(CC)c1Cl. The number of benzene rings is 2. The van der Waals surface area contributed by atoms with Crippen LogP contribution in [0.2, 0.25) is 5.02 Å². The van der Waals surface area contributed by atoms with Crippen molar-refractivity contribution in [3.8, 4) is 5.75 Å². The van der Waals surface area contributed by atoms with E-state index in [9.17, 15) is 9.59 Å². The summed E-state index contributed by atoms with van der Waals surface area (Å²) >= 11 is 6.67. The number of aryl methyl sites for hydroxylation is 2. The monoisotopic (exact) mass is 454 g/mol. The van der Waals surface area contributed by atoms with Crippen molar-refractivity contribution in [3.05, 3.63) is 75.0 Å². The molecule has 1 aliphatic carbocycles. The number of carbonyl (C=O) groups excluding carboxylic acids is 2. The first-order valence-electron chi connectivity index (χ1n) is 11.2. The Morgan fingerprint density at radius 3 is 2.56 bits per heavy atom. The van der Waals surface area contributed by atoms with Crippen LogP contribution in [0.3, 0.4) is 0 Å². The van der Waals surface area contributed by atoms with Gasteiger partial charge >= 0.3 is 0 Å². The zero-order chi connectivity index (χ0) is 23.4. The van der Waals surface area contributed by atoms with Crippen LogP contribution >= 0.6 is 11.6 Å². The minimum absolute atomic E-state index is 0.0252. The summed E-state index contributed by atoms with van der Waals surface area (Å²) in [4.78, 5) is 26.3. The van der Waals surface area contributed by atoms with E-state index < -0.39 is 5.92 Å². The van der Waals surface area contributed by atoms with E-state index in [-0.39, 0.29) is 17.5 Å². The fourth-order valence-corrected chi connectivity index (χ4v) is 4.85.